The van der Waals surface area contributed by atoms with Crippen LogP contribution in [-0.2, 0) is 6.42 Å². The summed E-state index contributed by atoms with van der Waals surface area (Å²) in [5.74, 6) is 0. The predicted octanol–water partition coefficient (Wildman–Crippen LogP) is 3.75. The van der Waals surface area contributed by atoms with E-state index in [2.05, 4.69) is 20.7 Å². The van der Waals surface area contributed by atoms with Crippen molar-refractivity contribution >= 4 is 28.4 Å². The number of nitrogen functional groups attached to an aromatic ring is 1. The van der Waals surface area contributed by atoms with Gasteiger partial charge < -0.3 is 5.73 Å². The molecule has 0 bridgehead atoms. The Morgan fingerprint density at radius 2 is 1.84 bits per heavy atom. The van der Waals surface area contributed by atoms with E-state index in [1.807, 2.05) is 31.2 Å². The molecule has 0 saturated heterocycles. The van der Waals surface area contributed by atoms with E-state index < -0.39 is 0 Å². The van der Waals surface area contributed by atoms with Crippen molar-refractivity contribution in [2.24, 2.45) is 0 Å². The van der Waals surface area contributed by atoms with Gasteiger partial charge in [-0.1, -0.05) is 12.1 Å². The van der Waals surface area contributed by atoms with Crippen LogP contribution in [0.25, 0.3) is 11.3 Å². The molecule has 3 nitrogen and oxygen atoms in total. The summed E-state index contributed by atoms with van der Waals surface area (Å²) in [7, 11) is 0. The highest BCUT2D eigenvalue weighted by atomic mass is 32.1. The van der Waals surface area contributed by atoms with Crippen molar-refractivity contribution in [3.05, 3.63) is 50.7 Å². The van der Waals surface area contributed by atoms with E-state index in [1.165, 1.54) is 0 Å². The van der Waals surface area contributed by atoms with Gasteiger partial charge in [0.25, 0.3) is 0 Å². The fourth-order valence-electron chi connectivity index (χ4n) is 1.82. The monoisotopic (exact) mass is 287 g/mol. The molecular weight excluding hydrogens is 274 g/mol. The van der Waals surface area contributed by atoms with Crippen molar-refractivity contribution in [2.75, 3.05) is 5.73 Å². The highest BCUT2D eigenvalue weighted by Gasteiger charge is 2.07. The molecule has 0 radical (unpaired) electrons. The second-order valence-corrected chi connectivity index (χ2v) is 6.29. The van der Waals surface area contributed by atoms with Gasteiger partial charge in [-0.05, 0) is 19.1 Å². The van der Waals surface area contributed by atoms with E-state index in [1.54, 1.807) is 22.7 Å². The van der Waals surface area contributed by atoms with Crippen molar-refractivity contribution < 1.29 is 0 Å². The van der Waals surface area contributed by atoms with E-state index in [0.717, 1.165) is 39.1 Å². The number of anilines is 1. The highest BCUT2D eigenvalue weighted by Crippen LogP contribution is 2.24. The fraction of sp³-hybridized carbons (Fsp3) is 0.143. The third-order valence-corrected chi connectivity index (χ3v) is 4.43. The van der Waals surface area contributed by atoms with Gasteiger partial charge in [-0.15, -0.1) is 22.7 Å². The van der Waals surface area contributed by atoms with Gasteiger partial charge in [-0.2, -0.15) is 0 Å². The topological polar surface area (TPSA) is 51.8 Å². The first-order valence-corrected chi connectivity index (χ1v) is 7.68. The minimum atomic E-state index is 0.775. The summed E-state index contributed by atoms with van der Waals surface area (Å²) in [4.78, 5) is 9.13. The maximum absolute atomic E-state index is 5.69. The molecule has 0 amide bonds. The van der Waals surface area contributed by atoms with Gasteiger partial charge in [0.05, 0.1) is 21.4 Å². The van der Waals surface area contributed by atoms with Crippen LogP contribution in [0.1, 0.15) is 15.7 Å². The SMILES string of the molecule is Cc1nc(Cc2nc(-c3ccc(N)cc3)cs2)cs1. The minimum Gasteiger partial charge on any atom is -0.399 e. The Morgan fingerprint density at radius 1 is 1.05 bits per heavy atom. The average Bonchev–Trinajstić information content (AvgIpc) is 3.00. The molecule has 0 unspecified atom stereocenters. The Labute approximate surface area is 119 Å². The normalized spacial score (nSPS) is 10.8. The van der Waals surface area contributed by atoms with E-state index in [9.17, 15) is 0 Å². The number of rotatable bonds is 3. The Morgan fingerprint density at radius 3 is 2.53 bits per heavy atom. The molecule has 0 aliphatic carbocycles. The van der Waals surface area contributed by atoms with Crippen molar-refractivity contribution in [2.45, 2.75) is 13.3 Å². The molecule has 0 fully saturated rings. The molecular formula is C14H13N3S2. The smallest absolute Gasteiger partial charge is 0.0992 e. The summed E-state index contributed by atoms with van der Waals surface area (Å²) in [5, 5.41) is 6.38. The number of aryl methyl sites for hydroxylation is 1. The molecule has 19 heavy (non-hydrogen) atoms. The number of hydrogen-bond donors (Lipinski definition) is 1. The quantitative estimate of drug-likeness (QED) is 0.746. The van der Waals surface area contributed by atoms with Crippen LogP contribution in [0.3, 0.4) is 0 Å². The standard InChI is InChI=1S/C14H13N3S2/c1-9-16-12(7-18-9)6-14-17-13(8-19-14)10-2-4-11(15)5-3-10/h2-5,7-8H,6,15H2,1H3. The van der Waals surface area contributed by atoms with Crippen LogP contribution in [0.5, 0.6) is 0 Å². The first kappa shape index (κ1) is 12.3. The third kappa shape index (κ3) is 2.83. The number of nitrogens with zero attached hydrogens (tertiary/aromatic N) is 2. The summed E-state index contributed by atoms with van der Waals surface area (Å²) in [6.45, 7) is 2.02. The largest absolute Gasteiger partial charge is 0.399 e. The average molecular weight is 287 g/mol. The van der Waals surface area contributed by atoms with Crippen LogP contribution in [0, 0.1) is 6.92 Å². The van der Waals surface area contributed by atoms with Gasteiger partial charge in [-0.3, -0.25) is 0 Å². The summed E-state index contributed by atoms with van der Waals surface area (Å²) >= 11 is 3.36. The number of thiazole rings is 2. The van der Waals surface area contributed by atoms with E-state index in [-0.39, 0.29) is 0 Å². The molecule has 5 heteroatoms. The van der Waals surface area contributed by atoms with Gasteiger partial charge in [-0.25, -0.2) is 9.97 Å². The van der Waals surface area contributed by atoms with Crippen LogP contribution >= 0.6 is 22.7 Å². The fourth-order valence-corrected chi connectivity index (χ4v) is 3.25. The minimum absolute atomic E-state index is 0.775. The molecule has 3 rings (SSSR count). The van der Waals surface area contributed by atoms with Crippen LogP contribution in [0.2, 0.25) is 0 Å². The molecule has 0 aliphatic heterocycles. The molecule has 0 aliphatic rings. The van der Waals surface area contributed by atoms with E-state index >= 15 is 0 Å². The van der Waals surface area contributed by atoms with Crippen LogP contribution in [0.15, 0.2) is 35.0 Å². The third-order valence-electron chi connectivity index (χ3n) is 2.76. The number of benzene rings is 1. The van der Waals surface area contributed by atoms with Gasteiger partial charge in [0.1, 0.15) is 0 Å². The van der Waals surface area contributed by atoms with Crippen LogP contribution in [-0.4, -0.2) is 9.97 Å². The van der Waals surface area contributed by atoms with Gasteiger partial charge >= 0.3 is 0 Å². The first-order valence-electron chi connectivity index (χ1n) is 5.92. The lowest BCUT2D eigenvalue weighted by atomic mass is 10.1. The number of hydrogen-bond acceptors (Lipinski definition) is 5. The molecule has 2 aromatic heterocycles. The zero-order valence-electron chi connectivity index (χ0n) is 10.5. The molecule has 3 aromatic rings. The summed E-state index contributed by atoms with van der Waals surface area (Å²) in [5.41, 5.74) is 9.67. The molecule has 0 spiro atoms. The molecule has 2 N–H and O–H groups in total. The zero-order chi connectivity index (χ0) is 13.2. The molecule has 0 saturated carbocycles. The molecule has 96 valence electrons. The lowest BCUT2D eigenvalue weighted by Crippen LogP contribution is -1.88. The first-order chi connectivity index (χ1) is 9.20. The molecule has 2 heterocycles. The van der Waals surface area contributed by atoms with E-state index in [4.69, 9.17) is 5.73 Å². The van der Waals surface area contributed by atoms with Crippen molar-refractivity contribution in [1.82, 2.24) is 9.97 Å². The summed E-state index contributed by atoms with van der Waals surface area (Å²) in [6, 6.07) is 7.80. The Bertz CT molecular complexity index is 683. The van der Waals surface area contributed by atoms with Gasteiger partial charge in [0.2, 0.25) is 0 Å². The van der Waals surface area contributed by atoms with Crippen LogP contribution in [0.4, 0.5) is 5.69 Å². The van der Waals surface area contributed by atoms with Gasteiger partial charge in [0.15, 0.2) is 0 Å². The molecule has 0 atom stereocenters. The summed E-state index contributed by atoms with van der Waals surface area (Å²) < 4.78 is 0. The van der Waals surface area contributed by atoms with Crippen LogP contribution < -0.4 is 5.73 Å². The maximum atomic E-state index is 5.69. The van der Waals surface area contributed by atoms with Crippen molar-refractivity contribution in [3.63, 3.8) is 0 Å². The Hall–Kier alpha value is -1.72. The second-order valence-electron chi connectivity index (χ2n) is 4.28. The second kappa shape index (κ2) is 5.11. The maximum Gasteiger partial charge on any atom is 0.0992 e. The summed E-state index contributed by atoms with van der Waals surface area (Å²) in [6.07, 6.45) is 0.810. The van der Waals surface area contributed by atoms with Crippen molar-refractivity contribution in [1.29, 1.82) is 0 Å². The highest BCUT2D eigenvalue weighted by molar-refractivity contribution is 7.10. The Balaban J connectivity index is 1.81. The number of aromatic nitrogens is 2. The zero-order valence-corrected chi connectivity index (χ0v) is 12.1. The predicted molar refractivity (Wildman–Crippen MR) is 81.6 cm³/mol. The van der Waals surface area contributed by atoms with Crippen molar-refractivity contribution in [3.8, 4) is 11.3 Å². The molecule has 1 aromatic carbocycles. The van der Waals surface area contributed by atoms with Gasteiger partial charge in [0, 0.05) is 28.4 Å². The lowest BCUT2D eigenvalue weighted by Gasteiger charge is -1.97. The van der Waals surface area contributed by atoms with E-state index in [0.29, 0.717) is 0 Å². The lowest BCUT2D eigenvalue weighted by molar-refractivity contribution is 1.06. The Kier molecular flexibility index (Phi) is 3.31. The number of nitrogens with two attached hydrogens (primary N) is 1.